The first kappa shape index (κ1) is 20.5. The van der Waals surface area contributed by atoms with Crippen LogP contribution in [0.3, 0.4) is 0 Å². The molecule has 3 rings (SSSR count). The van der Waals surface area contributed by atoms with Gasteiger partial charge < -0.3 is 25.8 Å². The van der Waals surface area contributed by atoms with Gasteiger partial charge in [-0.3, -0.25) is 4.57 Å². The molecule has 1 aliphatic heterocycles. The molecule has 0 aromatic carbocycles. The summed E-state index contributed by atoms with van der Waals surface area (Å²) in [7, 11) is 0. The quantitative estimate of drug-likeness (QED) is 0.401. The Balaban J connectivity index is 1.78. The lowest BCUT2D eigenvalue weighted by atomic mass is 10.1. The molecule has 5 N–H and O–H groups in total. The number of hydrogen-bond donors (Lipinski definition) is 4. The number of aliphatic hydroxyl groups is 3. The molecule has 2 unspecified atom stereocenters. The van der Waals surface area contributed by atoms with Gasteiger partial charge in [0.1, 0.15) is 23.8 Å². The highest BCUT2D eigenvalue weighted by molar-refractivity contribution is 5.82. The average Bonchev–Trinajstić information content (AvgIpc) is 3.23. The van der Waals surface area contributed by atoms with E-state index in [4.69, 9.17) is 10.5 Å². The molecule has 9 heteroatoms. The molecule has 0 saturated carbocycles. The van der Waals surface area contributed by atoms with E-state index in [0.717, 1.165) is 19.3 Å². The maximum absolute atomic E-state index is 10.3. The van der Waals surface area contributed by atoms with Crippen LogP contribution in [-0.4, -0.2) is 59.8 Å². The molecule has 0 spiro atoms. The van der Waals surface area contributed by atoms with Crippen LogP contribution in [-0.2, 0) is 4.74 Å². The lowest BCUT2D eigenvalue weighted by molar-refractivity contribution is -0.0511. The number of hydrogen-bond acceptors (Lipinski definition) is 8. The second-order valence-electron chi connectivity index (χ2n) is 6.95. The molecule has 4 atom stereocenters. The lowest BCUT2D eigenvalue weighted by Gasteiger charge is -2.16. The Morgan fingerprint density at radius 1 is 1.18 bits per heavy atom. The zero-order valence-electron chi connectivity index (χ0n) is 16.0. The van der Waals surface area contributed by atoms with Gasteiger partial charge in [0, 0.05) is 6.42 Å². The fraction of sp³-hybridized carbons (Fsp3) is 0.632. The van der Waals surface area contributed by atoms with Gasteiger partial charge in [0.2, 0.25) is 5.82 Å². The van der Waals surface area contributed by atoms with Crippen LogP contribution in [0.1, 0.15) is 57.5 Å². The molecule has 3 heterocycles. The normalized spacial score (nSPS) is 24.4. The van der Waals surface area contributed by atoms with E-state index in [1.165, 1.54) is 30.2 Å². The van der Waals surface area contributed by atoms with E-state index in [-0.39, 0.29) is 11.6 Å². The molecular formula is C19H27N5O4. The fourth-order valence-electron chi connectivity index (χ4n) is 3.25. The van der Waals surface area contributed by atoms with E-state index in [1.54, 1.807) is 0 Å². The molecular weight excluding hydrogens is 362 g/mol. The van der Waals surface area contributed by atoms with Crippen molar-refractivity contribution in [1.29, 1.82) is 0 Å². The molecule has 2 aromatic heterocycles. The van der Waals surface area contributed by atoms with Crippen molar-refractivity contribution in [3.8, 4) is 11.8 Å². The summed E-state index contributed by atoms with van der Waals surface area (Å²) < 4.78 is 7.03. The Morgan fingerprint density at radius 3 is 2.68 bits per heavy atom. The van der Waals surface area contributed by atoms with Gasteiger partial charge in [-0.1, -0.05) is 38.5 Å². The Kier molecular flexibility index (Phi) is 6.80. The minimum absolute atomic E-state index is 0.183. The van der Waals surface area contributed by atoms with Crippen molar-refractivity contribution in [2.75, 3.05) is 12.3 Å². The SMILES string of the molecule is CCCCCCCC#Cc1nc(N)c2ncn([C@@H]3O[C@H](CO)C(O)C3O)c2n1. The molecule has 152 valence electrons. The number of nitrogen functional groups attached to an aromatic ring is 1. The second kappa shape index (κ2) is 9.30. The minimum atomic E-state index is -1.23. The number of imidazole rings is 1. The molecule has 0 amide bonds. The summed E-state index contributed by atoms with van der Waals surface area (Å²) in [6.45, 7) is 1.77. The standard InChI is InChI=1S/C19H27N5O4/c1-2-3-4-5-6-7-8-9-13-22-17(20)14-18(23-13)24(11-21-14)19-16(27)15(26)12(10-25)28-19/h11-12,15-16,19,25-27H,2-7,10H2,1H3,(H2,20,22,23)/t12-,15?,16?,19-/m1/s1. The van der Waals surface area contributed by atoms with Crippen LogP contribution in [0, 0.1) is 11.8 Å². The second-order valence-corrected chi connectivity index (χ2v) is 6.95. The van der Waals surface area contributed by atoms with E-state index >= 15 is 0 Å². The predicted octanol–water partition coefficient (Wildman–Crippen LogP) is 0.732. The third-order valence-corrected chi connectivity index (χ3v) is 4.85. The lowest BCUT2D eigenvalue weighted by Crippen LogP contribution is -2.33. The van der Waals surface area contributed by atoms with Gasteiger partial charge in [-0.15, -0.1) is 0 Å². The molecule has 28 heavy (non-hydrogen) atoms. The van der Waals surface area contributed by atoms with E-state index < -0.39 is 31.1 Å². The Bertz CT molecular complexity index is 859. The highest BCUT2D eigenvalue weighted by Gasteiger charge is 2.44. The number of nitrogens with two attached hydrogens (primary N) is 1. The van der Waals surface area contributed by atoms with Gasteiger partial charge >= 0.3 is 0 Å². The minimum Gasteiger partial charge on any atom is -0.394 e. The Labute approximate surface area is 163 Å². The van der Waals surface area contributed by atoms with Crippen LogP contribution >= 0.6 is 0 Å². The highest BCUT2D eigenvalue weighted by Crippen LogP contribution is 2.31. The Morgan fingerprint density at radius 2 is 1.96 bits per heavy atom. The van der Waals surface area contributed by atoms with E-state index in [0.29, 0.717) is 11.2 Å². The average molecular weight is 389 g/mol. The third-order valence-electron chi connectivity index (χ3n) is 4.85. The molecule has 0 aliphatic carbocycles. The molecule has 0 radical (unpaired) electrons. The van der Waals surface area contributed by atoms with Gasteiger partial charge in [-0.05, 0) is 12.3 Å². The topological polar surface area (TPSA) is 140 Å². The van der Waals surface area contributed by atoms with Crippen LogP contribution in [0.15, 0.2) is 6.33 Å². The fourth-order valence-corrected chi connectivity index (χ4v) is 3.25. The maximum Gasteiger partial charge on any atom is 0.208 e. The van der Waals surface area contributed by atoms with Crippen LogP contribution in [0.5, 0.6) is 0 Å². The molecule has 9 nitrogen and oxygen atoms in total. The van der Waals surface area contributed by atoms with Crippen molar-refractivity contribution in [1.82, 2.24) is 19.5 Å². The van der Waals surface area contributed by atoms with E-state index in [1.807, 2.05) is 0 Å². The summed E-state index contributed by atoms with van der Waals surface area (Å²) in [4.78, 5) is 12.8. The van der Waals surface area contributed by atoms with Crippen LogP contribution in [0.2, 0.25) is 0 Å². The first-order chi connectivity index (χ1) is 13.6. The number of aromatic nitrogens is 4. The first-order valence-electron chi connectivity index (χ1n) is 9.68. The number of nitrogens with zero attached hydrogens (tertiary/aromatic N) is 4. The van der Waals surface area contributed by atoms with Crippen molar-refractivity contribution in [2.24, 2.45) is 0 Å². The number of rotatable bonds is 7. The monoisotopic (exact) mass is 389 g/mol. The largest absolute Gasteiger partial charge is 0.394 e. The smallest absolute Gasteiger partial charge is 0.208 e. The van der Waals surface area contributed by atoms with Crippen molar-refractivity contribution in [3.05, 3.63) is 12.2 Å². The number of unbranched alkanes of at least 4 members (excludes halogenated alkanes) is 5. The number of ether oxygens (including phenoxy) is 1. The summed E-state index contributed by atoms with van der Waals surface area (Å²) in [5.74, 6) is 6.45. The maximum atomic E-state index is 10.3. The summed E-state index contributed by atoms with van der Waals surface area (Å²) in [5, 5.41) is 29.5. The van der Waals surface area contributed by atoms with Crippen molar-refractivity contribution < 1.29 is 20.1 Å². The molecule has 1 saturated heterocycles. The van der Waals surface area contributed by atoms with Gasteiger partial charge in [0.05, 0.1) is 12.9 Å². The van der Waals surface area contributed by atoms with Gasteiger partial charge in [-0.25, -0.2) is 15.0 Å². The van der Waals surface area contributed by atoms with E-state index in [2.05, 4.69) is 33.7 Å². The third kappa shape index (κ3) is 4.25. The van der Waals surface area contributed by atoms with Crippen LogP contribution in [0.25, 0.3) is 11.2 Å². The summed E-state index contributed by atoms with van der Waals surface area (Å²) in [5.41, 5.74) is 6.70. The van der Waals surface area contributed by atoms with Gasteiger partial charge in [0.15, 0.2) is 17.7 Å². The molecule has 2 aromatic rings. The van der Waals surface area contributed by atoms with Gasteiger partial charge in [-0.2, -0.15) is 0 Å². The van der Waals surface area contributed by atoms with Crippen molar-refractivity contribution >= 4 is 17.0 Å². The summed E-state index contributed by atoms with van der Waals surface area (Å²) >= 11 is 0. The van der Waals surface area contributed by atoms with Crippen molar-refractivity contribution in [3.63, 3.8) is 0 Å². The zero-order chi connectivity index (χ0) is 20.1. The first-order valence-corrected chi connectivity index (χ1v) is 9.68. The molecule has 1 fully saturated rings. The van der Waals surface area contributed by atoms with Crippen LogP contribution < -0.4 is 5.73 Å². The number of fused-ring (bicyclic) bond motifs is 1. The zero-order valence-corrected chi connectivity index (χ0v) is 16.0. The molecule has 0 bridgehead atoms. The van der Waals surface area contributed by atoms with Gasteiger partial charge in [0.25, 0.3) is 0 Å². The molecule has 1 aliphatic rings. The highest BCUT2D eigenvalue weighted by atomic mass is 16.6. The van der Waals surface area contributed by atoms with Crippen molar-refractivity contribution in [2.45, 2.75) is 70.0 Å². The Hall–Kier alpha value is -2.25. The predicted molar refractivity (Wildman–Crippen MR) is 103 cm³/mol. The summed E-state index contributed by atoms with van der Waals surface area (Å²) in [6.07, 6.45) is 3.78. The van der Waals surface area contributed by atoms with E-state index in [9.17, 15) is 15.3 Å². The number of aliphatic hydroxyl groups excluding tert-OH is 3. The summed E-state index contributed by atoms with van der Waals surface area (Å²) in [6, 6.07) is 0. The van der Waals surface area contributed by atoms with Crippen LogP contribution in [0.4, 0.5) is 5.82 Å². The number of anilines is 1.